The minimum absolute atomic E-state index is 0.161. The molecule has 0 aliphatic rings. The third-order valence-corrected chi connectivity index (χ3v) is 2.29. The van der Waals surface area contributed by atoms with Crippen molar-refractivity contribution < 1.29 is 31.1 Å². The molecule has 0 aromatic rings. The van der Waals surface area contributed by atoms with Crippen LogP contribution in [-0.2, 0) is 19.4 Å². The lowest BCUT2D eigenvalue weighted by molar-refractivity contribution is -0.140. The van der Waals surface area contributed by atoms with Crippen LogP contribution in [0.5, 0.6) is 0 Å². The van der Waals surface area contributed by atoms with Crippen LogP contribution in [0.3, 0.4) is 0 Å². The summed E-state index contributed by atoms with van der Waals surface area (Å²) in [6, 6.07) is 0. The van der Waals surface area contributed by atoms with Gasteiger partial charge in [0.25, 0.3) is 9.84 Å². The van der Waals surface area contributed by atoms with Gasteiger partial charge in [-0.1, -0.05) is 0 Å². The first-order valence-electron chi connectivity index (χ1n) is 3.15. The van der Waals surface area contributed by atoms with Crippen LogP contribution in [0.2, 0.25) is 0 Å². The molecule has 0 spiro atoms. The molecule has 0 aromatic heterocycles. The van der Waals surface area contributed by atoms with Crippen molar-refractivity contribution in [3.8, 4) is 0 Å². The lowest BCUT2D eigenvalue weighted by Crippen LogP contribution is -2.30. The van der Waals surface area contributed by atoms with Crippen LogP contribution in [0, 0.1) is 0 Å². The highest BCUT2D eigenvalue weighted by molar-refractivity contribution is 7.92. The second-order valence-electron chi connectivity index (χ2n) is 2.01. The number of ether oxygens (including phenoxy) is 1. The van der Waals surface area contributed by atoms with Gasteiger partial charge < -0.3 is 4.74 Å². The predicted molar refractivity (Wildman–Crippen MR) is 36.5 cm³/mol. The number of alkyl halides is 3. The average Bonchev–Trinajstić information content (AvgIpc) is 1.83. The van der Waals surface area contributed by atoms with Crippen LogP contribution in [0.4, 0.5) is 13.2 Å². The Hall–Kier alpha value is -0.790. The number of rotatable bonds is 3. The van der Waals surface area contributed by atoms with E-state index in [4.69, 9.17) is 0 Å². The fourth-order valence-corrected chi connectivity index (χ4v) is 0.997. The van der Waals surface area contributed by atoms with E-state index in [1.807, 2.05) is 0 Å². The molecule has 0 bridgehead atoms. The van der Waals surface area contributed by atoms with Gasteiger partial charge in [0.1, 0.15) is 0 Å². The van der Waals surface area contributed by atoms with Gasteiger partial charge in [0.2, 0.25) is 0 Å². The molecule has 0 heterocycles. The van der Waals surface area contributed by atoms with E-state index in [0.29, 0.717) is 0 Å². The van der Waals surface area contributed by atoms with E-state index in [-0.39, 0.29) is 6.61 Å². The fraction of sp³-hybridized carbons (Fsp3) is 0.800. The summed E-state index contributed by atoms with van der Waals surface area (Å²) in [4.78, 5) is 10.4. The van der Waals surface area contributed by atoms with E-state index in [1.54, 1.807) is 0 Å². The summed E-state index contributed by atoms with van der Waals surface area (Å²) in [5, 5.41) is 0. The molecule has 0 fully saturated rings. The van der Waals surface area contributed by atoms with Gasteiger partial charge in [-0.15, -0.1) is 0 Å². The Morgan fingerprint density at radius 3 is 2.15 bits per heavy atom. The van der Waals surface area contributed by atoms with Gasteiger partial charge in [-0.3, -0.25) is 4.79 Å². The molecule has 0 atom stereocenters. The third kappa shape index (κ3) is 3.62. The molecule has 0 aliphatic heterocycles. The molecule has 0 N–H and O–H groups in total. The summed E-state index contributed by atoms with van der Waals surface area (Å²) in [5.41, 5.74) is -5.40. The van der Waals surface area contributed by atoms with Gasteiger partial charge in [-0.25, -0.2) is 8.42 Å². The molecule has 0 radical (unpaired) electrons. The Bertz CT molecular complexity index is 279. The molecule has 0 rings (SSSR count). The first kappa shape index (κ1) is 12.2. The van der Waals surface area contributed by atoms with Crippen molar-refractivity contribution in [2.45, 2.75) is 12.4 Å². The van der Waals surface area contributed by atoms with Gasteiger partial charge in [0, 0.05) is 0 Å². The zero-order chi connectivity index (χ0) is 10.7. The molecule has 0 aromatic carbocycles. The lowest BCUT2D eigenvalue weighted by Gasteiger charge is -2.06. The van der Waals surface area contributed by atoms with Gasteiger partial charge in [0.15, 0.2) is 5.75 Å². The van der Waals surface area contributed by atoms with E-state index in [2.05, 4.69) is 4.74 Å². The minimum atomic E-state index is -5.40. The van der Waals surface area contributed by atoms with Gasteiger partial charge in [-0.2, -0.15) is 13.2 Å². The highest BCUT2D eigenvalue weighted by atomic mass is 32.2. The van der Waals surface area contributed by atoms with Crippen molar-refractivity contribution in [3.05, 3.63) is 0 Å². The van der Waals surface area contributed by atoms with Crippen LogP contribution in [0.1, 0.15) is 6.92 Å². The molecule has 8 heteroatoms. The zero-order valence-corrected chi connectivity index (χ0v) is 7.41. The maximum Gasteiger partial charge on any atom is 0.497 e. The number of sulfone groups is 1. The first-order chi connectivity index (χ1) is 5.70. The van der Waals surface area contributed by atoms with Crippen LogP contribution in [-0.4, -0.2) is 32.3 Å². The number of hydrogen-bond donors (Lipinski definition) is 0. The van der Waals surface area contributed by atoms with E-state index >= 15 is 0 Å². The van der Waals surface area contributed by atoms with Crippen molar-refractivity contribution in [2.24, 2.45) is 0 Å². The second kappa shape index (κ2) is 3.95. The Balaban J connectivity index is 4.46. The van der Waals surface area contributed by atoms with E-state index in [1.165, 1.54) is 6.92 Å². The monoisotopic (exact) mass is 220 g/mol. The molecule has 13 heavy (non-hydrogen) atoms. The van der Waals surface area contributed by atoms with Crippen LogP contribution >= 0.6 is 0 Å². The van der Waals surface area contributed by atoms with Crippen molar-refractivity contribution in [2.75, 3.05) is 12.4 Å². The Morgan fingerprint density at radius 2 is 1.85 bits per heavy atom. The van der Waals surface area contributed by atoms with Crippen molar-refractivity contribution in [1.29, 1.82) is 0 Å². The summed E-state index contributed by atoms with van der Waals surface area (Å²) in [5.74, 6) is -3.07. The van der Waals surface area contributed by atoms with Gasteiger partial charge in [-0.05, 0) is 6.92 Å². The van der Waals surface area contributed by atoms with Crippen LogP contribution in [0.25, 0.3) is 0 Å². The van der Waals surface area contributed by atoms with E-state index in [9.17, 15) is 26.4 Å². The number of halogens is 3. The second-order valence-corrected chi connectivity index (χ2v) is 3.99. The van der Waals surface area contributed by atoms with Gasteiger partial charge >= 0.3 is 11.5 Å². The van der Waals surface area contributed by atoms with Crippen molar-refractivity contribution >= 4 is 15.8 Å². The predicted octanol–water partition coefficient (Wildman–Crippen LogP) is 0.484. The number of esters is 1. The molecular weight excluding hydrogens is 213 g/mol. The third-order valence-electron chi connectivity index (χ3n) is 0.966. The quantitative estimate of drug-likeness (QED) is 0.649. The summed E-state index contributed by atoms with van der Waals surface area (Å²) in [7, 11) is -5.39. The molecule has 0 saturated carbocycles. The number of carbonyl (C=O) groups excluding carboxylic acids is 1. The Labute approximate surface area is 72.6 Å². The molecule has 0 unspecified atom stereocenters. The van der Waals surface area contributed by atoms with E-state index < -0.39 is 27.1 Å². The lowest BCUT2D eigenvalue weighted by atomic mass is 10.8. The van der Waals surface area contributed by atoms with Crippen LogP contribution < -0.4 is 0 Å². The first-order valence-corrected chi connectivity index (χ1v) is 4.80. The summed E-state index contributed by atoms with van der Waals surface area (Å²) in [6.45, 7) is 1.20. The smallest absolute Gasteiger partial charge is 0.465 e. The minimum Gasteiger partial charge on any atom is -0.465 e. The van der Waals surface area contributed by atoms with Crippen LogP contribution in [0.15, 0.2) is 0 Å². The normalized spacial score (nSPS) is 12.6. The van der Waals surface area contributed by atoms with Crippen molar-refractivity contribution in [1.82, 2.24) is 0 Å². The number of hydrogen-bond acceptors (Lipinski definition) is 4. The maximum absolute atomic E-state index is 11.6. The van der Waals surface area contributed by atoms with Gasteiger partial charge in [0.05, 0.1) is 6.61 Å². The Morgan fingerprint density at radius 1 is 1.38 bits per heavy atom. The van der Waals surface area contributed by atoms with E-state index in [0.717, 1.165) is 0 Å². The molecule has 0 aliphatic carbocycles. The largest absolute Gasteiger partial charge is 0.497 e. The molecular formula is C5H7F3O4S. The summed E-state index contributed by atoms with van der Waals surface area (Å²) in [6.07, 6.45) is 0. The summed E-state index contributed by atoms with van der Waals surface area (Å²) >= 11 is 0. The number of carbonyl (C=O) groups is 1. The topological polar surface area (TPSA) is 60.4 Å². The zero-order valence-electron chi connectivity index (χ0n) is 6.59. The highest BCUT2D eigenvalue weighted by Gasteiger charge is 2.47. The molecule has 78 valence electrons. The standard InChI is InChI=1S/C5H7F3O4S/c1-2-12-4(9)3-13(10,11)5(6,7)8/h2-3H2,1H3. The van der Waals surface area contributed by atoms with Crippen molar-refractivity contribution in [3.63, 3.8) is 0 Å². The SMILES string of the molecule is CCOC(=O)CS(=O)(=O)C(F)(F)F. The molecule has 0 amide bonds. The maximum atomic E-state index is 11.6. The average molecular weight is 220 g/mol. The highest BCUT2D eigenvalue weighted by Crippen LogP contribution is 2.23. The fourth-order valence-electron chi connectivity index (χ4n) is 0.440. The Kier molecular flexibility index (Phi) is 3.71. The molecule has 4 nitrogen and oxygen atoms in total. The summed E-state index contributed by atoms with van der Waals surface area (Å²) < 4.78 is 59.6. The molecule has 0 saturated heterocycles.